The molecule has 0 aliphatic heterocycles. The zero-order chi connectivity index (χ0) is 29.8. The van der Waals surface area contributed by atoms with E-state index in [9.17, 15) is 9.59 Å². The molecule has 6 nitrogen and oxygen atoms in total. The lowest BCUT2D eigenvalue weighted by Crippen LogP contribution is -2.52. The van der Waals surface area contributed by atoms with Crippen LogP contribution in [0.2, 0.25) is 19.6 Å². The van der Waals surface area contributed by atoms with E-state index >= 15 is 0 Å². The van der Waals surface area contributed by atoms with Gasteiger partial charge in [-0.1, -0.05) is 98.5 Å². The molecule has 0 bridgehead atoms. The molecule has 1 unspecified atom stereocenters. The average Bonchev–Trinajstić information content (AvgIpc) is 3.23. The van der Waals surface area contributed by atoms with Gasteiger partial charge in [0, 0.05) is 11.5 Å². The second kappa shape index (κ2) is 12.6. The Balaban J connectivity index is 1.46. The number of ether oxygens (including phenoxy) is 3. The van der Waals surface area contributed by atoms with Crippen molar-refractivity contribution in [1.82, 2.24) is 5.32 Å². The molecule has 0 spiro atoms. The van der Waals surface area contributed by atoms with Gasteiger partial charge >= 0.3 is 12.1 Å². The van der Waals surface area contributed by atoms with E-state index in [2.05, 4.69) is 61.4 Å². The molecule has 0 aromatic heterocycles. The second-order valence-corrected chi connectivity index (χ2v) is 18.3. The highest BCUT2D eigenvalue weighted by atomic mass is 28.3. The Morgan fingerprint density at radius 2 is 1.37 bits per heavy atom. The lowest BCUT2D eigenvalue weighted by atomic mass is 9.98. The van der Waals surface area contributed by atoms with Gasteiger partial charge in [-0.3, -0.25) is 0 Å². The fraction of sp³-hybridized carbons (Fsp3) is 0.412. The Bertz CT molecular complexity index is 1300. The van der Waals surface area contributed by atoms with E-state index in [1.807, 2.05) is 63.2 Å². The molecule has 0 fully saturated rings. The number of benzene rings is 3. The van der Waals surface area contributed by atoms with Crippen LogP contribution in [0.5, 0.6) is 0 Å². The molecule has 0 heterocycles. The van der Waals surface area contributed by atoms with Gasteiger partial charge in [0.15, 0.2) is 6.04 Å². The molecule has 7 heteroatoms. The van der Waals surface area contributed by atoms with Crippen molar-refractivity contribution < 1.29 is 23.8 Å². The van der Waals surface area contributed by atoms with Crippen molar-refractivity contribution in [2.24, 2.45) is 0 Å². The first-order valence-electron chi connectivity index (χ1n) is 14.4. The van der Waals surface area contributed by atoms with Crippen LogP contribution in [-0.2, 0) is 19.0 Å². The summed E-state index contributed by atoms with van der Waals surface area (Å²) < 4.78 is 17.7. The van der Waals surface area contributed by atoms with Crippen LogP contribution in [0.15, 0.2) is 78.9 Å². The van der Waals surface area contributed by atoms with Crippen LogP contribution in [0.1, 0.15) is 55.8 Å². The highest BCUT2D eigenvalue weighted by Crippen LogP contribution is 2.44. The Morgan fingerprint density at radius 1 is 0.829 bits per heavy atom. The normalized spacial score (nSPS) is 15.3. The number of rotatable bonds is 10. The molecule has 3 aromatic rings. The van der Waals surface area contributed by atoms with E-state index < -0.39 is 37.9 Å². The average molecular weight is 574 g/mol. The molecule has 218 valence electrons. The summed E-state index contributed by atoms with van der Waals surface area (Å²) in [5.74, 6) is -0.611. The lowest BCUT2D eigenvalue weighted by molar-refractivity contribution is -0.153. The minimum atomic E-state index is -1.73. The number of amides is 1. The van der Waals surface area contributed by atoms with E-state index in [1.54, 1.807) is 6.92 Å². The summed E-state index contributed by atoms with van der Waals surface area (Å²) in [6.45, 7) is 14.7. The molecule has 4 rings (SSSR count). The maximum absolute atomic E-state index is 13.5. The van der Waals surface area contributed by atoms with Gasteiger partial charge in [-0.25, -0.2) is 9.59 Å². The van der Waals surface area contributed by atoms with Crippen molar-refractivity contribution in [1.29, 1.82) is 0 Å². The summed E-state index contributed by atoms with van der Waals surface area (Å²) in [5, 5.41) is 2.76. The van der Waals surface area contributed by atoms with E-state index in [0.717, 1.165) is 27.8 Å². The van der Waals surface area contributed by atoms with Crippen LogP contribution in [0, 0.1) is 0 Å². The molecule has 1 aliphatic rings. The minimum Gasteiger partial charge on any atom is -0.464 e. The van der Waals surface area contributed by atoms with Gasteiger partial charge in [-0.15, -0.1) is 0 Å². The number of hydrogen-bond donors (Lipinski definition) is 1. The van der Waals surface area contributed by atoms with E-state index in [-0.39, 0.29) is 24.7 Å². The van der Waals surface area contributed by atoms with Gasteiger partial charge in [-0.2, -0.15) is 0 Å². The van der Waals surface area contributed by atoms with Crippen molar-refractivity contribution in [3.05, 3.63) is 95.6 Å². The quantitative estimate of drug-likeness (QED) is 0.203. The lowest BCUT2D eigenvalue weighted by Gasteiger charge is -2.32. The third-order valence-corrected chi connectivity index (χ3v) is 10.1. The van der Waals surface area contributed by atoms with Crippen molar-refractivity contribution in [2.75, 3.05) is 13.2 Å². The third kappa shape index (κ3) is 7.66. The number of esters is 1. The molecule has 1 amide bonds. The van der Waals surface area contributed by atoms with E-state index in [0.29, 0.717) is 0 Å². The molecule has 1 N–H and O–H groups in total. The van der Waals surface area contributed by atoms with Gasteiger partial charge < -0.3 is 19.5 Å². The highest BCUT2D eigenvalue weighted by Gasteiger charge is 2.36. The Hall–Kier alpha value is -3.42. The molecular formula is C34H43NO5Si. The van der Waals surface area contributed by atoms with Crippen LogP contribution < -0.4 is 5.32 Å². The zero-order valence-corrected chi connectivity index (χ0v) is 26.3. The van der Waals surface area contributed by atoms with Gasteiger partial charge in [-0.05, 0) is 55.5 Å². The first kappa shape index (κ1) is 30.5. The molecule has 0 saturated carbocycles. The first-order chi connectivity index (χ1) is 19.3. The maximum Gasteiger partial charge on any atom is 0.407 e. The third-order valence-electron chi connectivity index (χ3n) is 7.52. The predicted molar refractivity (Wildman–Crippen MR) is 166 cm³/mol. The second-order valence-electron chi connectivity index (χ2n) is 12.8. The van der Waals surface area contributed by atoms with Crippen LogP contribution in [-0.4, -0.2) is 51.1 Å². The number of carbonyl (C=O) groups excluding carboxylic acids is 2. The summed E-state index contributed by atoms with van der Waals surface area (Å²) in [6.07, 6.45) is -1.31. The molecule has 0 radical (unpaired) electrons. The number of hydrogen-bond acceptors (Lipinski definition) is 5. The van der Waals surface area contributed by atoms with Gasteiger partial charge in [0.2, 0.25) is 0 Å². The van der Waals surface area contributed by atoms with E-state index in [4.69, 9.17) is 14.2 Å². The predicted octanol–water partition coefficient (Wildman–Crippen LogP) is 7.30. The Kier molecular flexibility index (Phi) is 9.40. The van der Waals surface area contributed by atoms with Crippen LogP contribution in [0.3, 0.4) is 0 Å². The molecule has 0 saturated heterocycles. The number of nitrogens with one attached hydrogen (secondary N) is 1. The van der Waals surface area contributed by atoms with E-state index in [1.165, 1.54) is 0 Å². The Morgan fingerprint density at radius 3 is 1.90 bits per heavy atom. The smallest absolute Gasteiger partial charge is 0.407 e. The highest BCUT2D eigenvalue weighted by molar-refractivity contribution is 6.77. The van der Waals surface area contributed by atoms with Crippen molar-refractivity contribution >= 4 is 20.1 Å². The standard InChI is InChI=1S/C34H43NO5Si/c1-23(40-34(2,3)4)31(32(36)38-22-30(41(5,6)7)24-15-9-8-10-16-24)35-33(37)39-21-29-27-19-13-11-17-25(27)26-18-12-14-20-28(26)29/h8-20,23,29-31H,21-22H2,1-7H3,(H,35,37)/t23-,30?,31+/m1/s1. The van der Waals surface area contributed by atoms with Gasteiger partial charge in [0.1, 0.15) is 6.61 Å². The molecular weight excluding hydrogens is 530 g/mol. The summed E-state index contributed by atoms with van der Waals surface area (Å²) in [7, 11) is -1.73. The zero-order valence-electron chi connectivity index (χ0n) is 25.3. The molecule has 3 atom stereocenters. The number of fused-ring (bicyclic) bond motifs is 3. The first-order valence-corrected chi connectivity index (χ1v) is 17.9. The largest absolute Gasteiger partial charge is 0.464 e. The molecule has 1 aliphatic carbocycles. The fourth-order valence-electron chi connectivity index (χ4n) is 5.55. The number of alkyl carbamates (subject to hydrolysis) is 1. The molecule has 41 heavy (non-hydrogen) atoms. The Labute approximate surface area is 245 Å². The maximum atomic E-state index is 13.5. The SMILES string of the molecule is C[C@@H](OC(C)(C)C)[C@H](NC(=O)OCC1c2ccccc2-c2ccccc21)C(=O)OCC(c1ccccc1)[Si](C)(C)C. The van der Waals surface area contributed by atoms with Crippen LogP contribution in [0.4, 0.5) is 4.79 Å². The number of carbonyl (C=O) groups is 2. The van der Waals surface area contributed by atoms with Crippen LogP contribution in [0.25, 0.3) is 11.1 Å². The van der Waals surface area contributed by atoms with Crippen LogP contribution >= 0.6 is 0 Å². The van der Waals surface area contributed by atoms with Crippen molar-refractivity contribution in [3.63, 3.8) is 0 Å². The summed E-state index contributed by atoms with van der Waals surface area (Å²) in [6, 6.07) is 25.5. The summed E-state index contributed by atoms with van der Waals surface area (Å²) in [4.78, 5) is 26.6. The molecule has 3 aromatic carbocycles. The van der Waals surface area contributed by atoms with Crippen molar-refractivity contribution in [3.8, 4) is 11.1 Å². The fourth-order valence-corrected chi connectivity index (χ4v) is 7.32. The summed E-state index contributed by atoms with van der Waals surface area (Å²) >= 11 is 0. The monoisotopic (exact) mass is 573 g/mol. The van der Waals surface area contributed by atoms with Gasteiger partial charge in [0.25, 0.3) is 0 Å². The van der Waals surface area contributed by atoms with Gasteiger partial charge in [0.05, 0.1) is 26.4 Å². The van der Waals surface area contributed by atoms with Crippen molar-refractivity contribution in [2.45, 2.75) is 76.5 Å². The minimum absolute atomic E-state index is 0.0785. The summed E-state index contributed by atoms with van der Waals surface area (Å²) in [5.41, 5.74) is 5.30. The topological polar surface area (TPSA) is 73.9 Å².